The van der Waals surface area contributed by atoms with Gasteiger partial charge in [-0.3, -0.25) is 10.1 Å². The third kappa shape index (κ3) is 2.87. The van der Waals surface area contributed by atoms with Crippen molar-refractivity contribution in [1.82, 2.24) is 0 Å². The normalized spacial score (nSPS) is 23.6. The van der Waals surface area contributed by atoms with Crippen molar-refractivity contribution in [1.29, 1.82) is 0 Å². The number of aliphatic hydroxyl groups excluding tert-OH is 1. The number of benzene rings is 1. The summed E-state index contributed by atoms with van der Waals surface area (Å²) in [7, 11) is 0. The number of ether oxygens (including phenoxy) is 2. The van der Waals surface area contributed by atoms with E-state index < -0.39 is 4.92 Å². The van der Waals surface area contributed by atoms with Crippen LogP contribution in [0.25, 0.3) is 0 Å². The molecule has 1 aliphatic carbocycles. The molecule has 0 bridgehead atoms. The third-order valence-electron chi connectivity index (χ3n) is 4.41. The maximum absolute atomic E-state index is 11.1. The zero-order valence-corrected chi connectivity index (χ0v) is 11.8. The van der Waals surface area contributed by atoms with Crippen LogP contribution in [0.2, 0.25) is 0 Å². The van der Waals surface area contributed by atoms with Crippen LogP contribution in [0.3, 0.4) is 0 Å². The maximum Gasteiger partial charge on any atom is 0.311 e. The molecule has 2 aliphatic rings. The summed E-state index contributed by atoms with van der Waals surface area (Å²) in [4.78, 5) is 10.7. The van der Waals surface area contributed by atoms with Crippen LogP contribution in [-0.2, 0) is 11.3 Å². The van der Waals surface area contributed by atoms with Gasteiger partial charge in [-0.2, -0.15) is 0 Å². The Labute approximate surface area is 122 Å². The van der Waals surface area contributed by atoms with E-state index in [-0.39, 0.29) is 29.7 Å². The Morgan fingerprint density at radius 1 is 1.48 bits per heavy atom. The van der Waals surface area contributed by atoms with Gasteiger partial charge in [0.2, 0.25) is 0 Å². The Kier molecular flexibility index (Phi) is 3.82. The quantitative estimate of drug-likeness (QED) is 0.681. The first-order chi connectivity index (χ1) is 10.1. The molecule has 6 heteroatoms. The van der Waals surface area contributed by atoms with E-state index in [2.05, 4.69) is 0 Å². The van der Waals surface area contributed by atoms with Gasteiger partial charge in [-0.1, -0.05) is 6.07 Å². The average Bonchev–Trinajstić information content (AvgIpc) is 2.46. The summed E-state index contributed by atoms with van der Waals surface area (Å²) in [6.07, 6.45) is 4.79. The smallest absolute Gasteiger partial charge is 0.311 e. The second-order valence-electron chi connectivity index (χ2n) is 5.83. The Morgan fingerprint density at radius 3 is 2.90 bits per heavy atom. The first-order valence-corrected chi connectivity index (χ1v) is 7.31. The van der Waals surface area contributed by atoms with E-state index in [9.17, 15) is 10.1 Å². The summed E-state index contributed by atoms with van der Waals surface area (Å²) >= 11 is 0. The van der Waals surface area contributed by atoms with Gasteiger partial charge < -0.3 is 14.6 Å². The van der Waals surface area contributed by atoms with Crippen LogP contribution in [0.15, 0.2) is 18.2 Å². The highest BCUT2D eigenvalue weighted by Gasteiger charge is 2.43. The van der Waals surface area contributed by atoms with Crippen LogP contribution in [0.5, 0.6) is 5.75 Å². The molecule has 1 saturated carbocycles. The molecule has 1 aliphatic heterocycles. The molecule has 1 spiro atoms. The number of nitro benzene ring substituents is 1. The van der Waals surface area contributed by atoms with Crippen molar-refractivity contribution < 1.29 is 19.5 Å². The van der Waals surface area contributed by atoms with Gasteiger partial charge in [-0.05, 0) is 30.9 Å². The van der Waals surface area contributed by atoms with Crippen LogP contribution in [0.4, 0.5) is 5.69 Å². The SMILES string of the molecule is O=[N+]([O-])c1cc(CO)ccc1OC1CCOC2(CCC2)C1. The van der Waals surface area contributed by atoms with Gasteiger partial charge in [-0.25, -0.2) is 0 Å². The Bertz CT molecular complexity index is 541. The monoisotopic (exact) mass is 293 g/mol. The molecule has 0 amide bonds. The number of nitrogens with zero attached hydrogens (tertiary/aromatic N) is 1. The highest BCUT2D eigenvalue weighted by atomic mass is 16.6. The van der Waals surface area contributed by atoms with Crippen molar-refractivity contribution in [3.8, 4) is 5.75 Å². The minimum Gasteiger partial charge on any atom is -0.483 e. The number of hydrogen-bond donors (Lipinski definition) is 1. The molecule has 1 heterocycles. The number of rotatable bonds is 4. The fourth-order valence-corrected chi connectivity index (χ4v) is 3.09. The van der Waals surface area contributed by atoms with Crippen molar-refractivity contribution >= 4 is 5.69 Å². The highest BCUT2D eigenvalue weighted by molar-refractivity contribution is 5.48. The van der Waals surface area contributed by atoms with Gasteiger partial charge in [0.1, 0.15) is 6.10 Å². The average molecular weight is 293 g/mol. The second-order valence-corrected chi connectivity index (χ2v) is 5.83. The van der Waals surface area contributed by atoms with E-state index in [1.807, 2.05) is 0 Å². The lowest BCUT2D eigenvalue weighted by Gasteiger charge is -2.46. The summed E-state index contributed by atoms with van der Waals surface area (Å²) in [5.74, 6) is 0.276. The molecule has 21 heavy (non-hydrogen) atoms. The van der Waals surface area contributed by atoms with E-state index >= 15 is 0 Å². The van der Waals surface area contributed by atoms with Crippen LogP contribution in [0, 0.1) is 10.1 Å². The van der Waals surface area contributed by atoms with Crippen molar-refractivity contribution in [3.63, 3.8) is 0 Å². The molecule has 1 N–H and O–H groups in total. The van der Waals surface area contributed by atoms with Gasteiger partial charge in [0, 0.05) is 18.9 Å². The first kappa shape index (κ1) is 14.3. The van der Waals surface area contributed by atoms with E-state index in [0.717, 1.165) is 25.7 Å². The largest absolute Gasteiger partial charge is 0.483 e. The molecule has 0 radical (unpaired) electrons. The van der Waals surface area contributed by atoms with Crippen molar-refractivity contribution in [2.45, 2.75) is 50.4 Å². The molecule has 0 aromatic heterocycles. The van der Waals surface area contributed by atoms with Gasteiger partial charge in [0.15, 0.2) is 5.75 Å². The lowest BCUT2D eigenvalue weighted by molar-refractivity contribution is -0.386. The summed E-state index contributed by atoms with van der Waals surface area (Å²) < 4.78 is 11.7. The molecule has 1 atom stereocenters. The first-order valence-electron chi connectivity index (χ1n) is 7.31. The minimum atomic E-state index is -0.465. The molecular weight excluding hydrogens is 274 g/mol. The lowest BCUT2D eigenvalue weighted by Crippen LogP contribution is -2.48. The topological polar surface area (TPSA) is 81.8 Å². The van der Waals surface area contributed by atoms with Crippen LogP contribution < -0.4 is 4.74 Å². The highest BCUT2D eigenvalue weighted by Crippen LogP contribution is 2.43. The fourth-order valence-electron chi connectivity index (χ4n) is 3.09. The van der Waals surface area contributed by atoms with Gasteiger partial charge >= 0.3 is 5.69 Å². The summed E-state index contributed by atoms with van der Waals surface area (Å²) in [5, 5.41) is 20.2. The molecule has 1 aromatic rings. The molecular formula is C15H19NO5. The molecule has 6 nitrogen and oxygen atoms in total. The number of aliphatic hydroxyl groups is 1. The fraction of sp³-hybridized carbons (Fsp3) is 0.600. The second kappa shape index (κ2) is 5.61. The zero-order chi connectivity index (χ0) is 14.9. The molecule has 1 saturated heterocycles. The summed E-state index contributed by atoms with van der Waals surface area (Å²) in [6, 6.07) is 4.60. The number of nitro groups is 1. The van der Waals surface area contributed by atoms with Crippen molar-refractivity contribution in [2.75, 3.05) is 6.61 Å². The zero-order valence-electron chi connectivity index (χ0n) is 11.8. The molecule has 1 unspecified atom stereocenters. The predicted octanol–water partition coefficient (Wildman–Crippen LogP) is 2.57. The van der Waals surface area contributed by atoms with E-state index in [1.165, 1.54) is 12.5 Å². The van der Waals surface area contributed by atoms with Gasteiger partial charge in [0.25, 0.3) is 0 Å². The molecule has 1 aromatic carbocycles. The minimum absolute atomic E-state index is 0.0438. The number of hydrogen-bond acceptors (Lipinski definition) is 5. The van der Waals surface area contributed by atoms with Gasteiger partial charge in [0.05, 0.1) is 23.7 Å². The van der Waals surface area contributed by atoms with Crippen LogP contribution >= 0.6 is 0 Å². The Balaban J connectivity index is 1.76. The standard InChI is InChI=1S/C15H19NO5/c17-10-11-2-3-14(13(8-11)16(18)19)21-12-4-7-20-15(9-12)5-1-6-15/h2-3,8,12,17H,1,4-7,9-10H2. The Hall–Kier alpha value is -1.66. The van der Waals surface area contributed by atoms with Crippen LogP contribution in [-0.4, -0.2) is 28.3 Å². The Morgan fingerprint density at radius 2 is 2.29 bits per heavy atom. The molecule has 2 fully saturated rings. The maximum atomic E-state index is 11.1. The lowest BCUT2D eigenvalue weighted by atomic mass is 9.74. The summed E-state index contributed by atoms with van der Waals surface area (Å²) in [6.45, 7) is 0.425. The van der Waals surface area contributed by atoms with E-state index in [1.54, 1.807) is 12.1 Å². The van der Waals surface area contributed by atoms with Crippen LogP contribution in [0.1, 0.15) is 37.7 Å². The summed E-state index contributed by atoms with van der Waals surface area (Å²) in [5.41, 5.74) is 0.370. The predicted molar refractivity (Wildman–Crippen MR) is 75.2 cm³/mol. The van der Waals surface area contributed by atoms with Gasteiger partial charge in [-0.15, -0.1) is 0 Å². The molecule has 3 rings (SSSR count). The van der Waals surface area contributed by atoms with E-state index in [0.29, 0.717) is 12.2 Å². The van der Waals surface area contributed by atoms with E-state index in [4.69, 9.17) is 14.6 Å². The molecule has 114 valence electrons. The third-order valence-corrected chi connectivity index (χ3v) is 4.41. The van der Waals surface area contributed by atoms with Crippen molar-refractivity contribution in [2.24, 2.45) is 0 Å². The van der Waals surface area contributed by atoms with Crippen molar-refractivity contribution in [3.05, 3.63) is 33.9 Å².